The third kappa shape index (κ3) is 4.87. The van der Waals surface area contributed by atoms with Crippen molar-refractivity contribution in [1.29, 1.82) is 0 Å². The molecule has 0 saturated heterocycles. The van der Waals surface area contributed by atoms with E-state index in [2.05, 4.69) is 10.6 Å². The van der Waals surface area contributed by atoms with Crippen molar-refractivity contribution in [3.05, 3.63) is 41.1 Å². The minimum atomic E-state index is -0.650. The molecular weight excluding hydrogens is 346 g/mol. The highest BCUT2D eigenvalue weighted by molar-refractivity contribution is 5.95. The normalized spacial score (nSPS) is 17.0. The van der Waals surface area contributed by atoms with Crippen LogP contribution in [0, 0.1) is 0 Å². The highest BCUT2D eigenvalue weighted by Gasteiger charge is 2.35. The van der Waals surface area contributed by atoms with E-state index < -0.39 is 12.0 Å². The number of hydrogen-bond acceptors (Lipinski definition) is 4. The van der Waals surface area contributed by atoms with Gasteiger partial charge in [0.05, 0.1) is 17.7 Å². The van der Waals surface area contributed by atoms with Crippen molar-refractivity contribution in [1.82, 2.24) is 10.2 Å². The van der Waals surface area contributed by atoms with Crippen molar-refractivity contribution in [3.63, 3.8) is 0 Å². The Hall–Kier alpha value is -2.83. The van der Waals surface area contributed by atoms with Crippen LogP contribution >= 0.6 is 0 Å². The van der Waals surface area contributed by atoms with Crippen LogP contribution in [-0.2, 0) is 14.3 Å². The van der Waals surface area contributed by atoms with Crippen LogP contribution in [-0.4, -0.2) is 36.0 Å². The Morgan fingerprint density at radius 2 is 2.04 bits per heavy atom. The van der Waals surface area contributed by atoms with E-state index in [1.165, 1.54) is 4.90 Å². The lowest BCUT2D eigenvalue weighted by atomic mass is 9.94. The fourth-order valence-electron chi connectivity index (χ4n) is 2.87. The van der Waals surface area contributed by atoms with E-state index >= 15 is 0 Å². The summed E-state index contributed by atoms with van der Waals surface area (Å²) in [6, 6.07) is 6.17. The largest absolute Gasteiger partial charge is 0.459 e. The molecule has 1 aromatic rings. The van der Waals surface area contributed by atoms with Crippen molar-refractivity contribution >= 4 is 23.6 Å². The first-order valence-corrected chi connectivity index (χ1v) is 9.10. The number of rotatable bonds is 6. The molecule has 1 heterocycles. The van der Waals surface area contributed by atoms with Gasteiger partial charge in [0.15, 0.2) is 0 Å². The van der Waals surface area contributed by atoms with Gasteiger partial charge in [-0.3, -0.25) is 4.79 Å². The van der Waals surface area contributed by atoms with E-state index in [0.717, 1.165) is 6.42 Å². The van der Waals surface area contributed by atoms with Crippen molar-refractivity contribution in [3.8, 4) is 0 Å². The average molecular weight is 373 g/mol. The maximum Gasteiger partial charge on any atom is 0.338 e. The van der Waals surface area contributed by atoms with Crippen molar-refractivity contribution in [2.45, 2.75) is 52.7 Å². The van der Waals surface area contributed by atoms with Gasteiger partial charge in [0.25, 0.3) is 0 Å². The van der Waals surface area contributed by atoms with Gasteiger partial charge in [-0.2, -0.15) is 0 Å². The van der Waals surface area contributed by atoms with Crippen molar-refractivity contribution in [2.24, 2.45) is 0 Å². The summed E-state index contributed by atoms with van der Waals surface area (Å²) in [5, 5.41) is 5.67. The summed E-state index contributed by atoms with van der Waals surface area (Å²) >= 11 is 0. The van der Waals surface area contributed by atoms with Gasteiger partial charge in [-0.05, 0) is 44.9 Å². The molecule has 0 aromatic heterocycles. The number of ether oxygens (including phenoxy) is 1. The topological polar surface area (TPSA) is 87.7 Å². The Morgan fingerprint density at radius 3 is 2.67 bits per heavy atom. The number of hydrogen-bond donors (Lipinski definition) is 2. The second-order valence-electron chi connectivity index (χ2n) is 6.82. The maximum absolute atomic E-state index is 12.7. The van der Waals surface area contributed by atoms with Crippen LogP contribution in [0.2, 0.25) is 0 Å². The Morgan fingerprint density at radius 1 is 1.33 bits per heavy atom. The zero-order valence-electron chi connectivity index (χ0n) is 16.5. The number of amides is 3. The lowest BCUT2D eigenvalue weighted by Crippen LogP contribution is -2.46. The van der Waals surface area contributed by atoms with Crippen LogP contribution < -0.4 is 10.6 Å². The van der Waals surface area contributed by atoms with Crippen LogP contribution in [0.3, 0.4) is 0 Å². The van der Waals surface area contributed by atoms with Crippen LogP contribution in [0.1, 0.15) is 52.1 Å². The average Bonchev–Trinajstić information content (AvgIpc) is 2.59. The van der Waals surface area contributed by atoms with Crippen LogP contribution in [0.5, 0.6) is 0 Å². The summed E-state index contributed by atoms with van der Waals surface area (Å²) in [6.07, 6.45) is 0.908. The van der Waals surface area contributed by atoms with E-state index in [1.807, 2.05) is 13.0 Å². The molecule has 27 heavy (non-hydrogen) atoms. The van der Waals surface area contributed by atoms with Gasteiger partial charge in [0, 0.05) is 24.9 Å². The third-order valence-corrected chi connectivity index (χ3v) is 4.30. The van der Waals surface area contributed by atoms with Gasteiger partial charge < -0.3 is 20.3 Å². The molecule has 7 heteroatoms. The number of urea groups is 1. The Kier molecular flexibility index (Phi) is 6.60. The van der Waals surface area contributed by atoms with E-state index in [4.69, 9.17) is 4.74 Å². The fraction of sp³-hybridized carbons (Fsp3) is 0.450. The number of esters is 1. The first-order chi connectivity index (χ1) is 12.7. The van der Waals surface area contributed by atoms with Crippen molar-refractivity contribution in [2.75, 3.05) is 12.4 Å². The minimum absolute atomic E-state index is 0.0757. The molecule has 1 unspecified atom stereocenters. The quantitative estimate of drug-likeness (QED) is 0.749. The third-order valence-electron chi connectivity index (χ3n) is 4.30. The zero-order valence-corrected chi connectivity index (χ0v) is 16.5. The molecule has 0 fully saturated rings. The number of carbonyl (C=O) groups excluding carboxylic acids is 3. The van der Waals surface area contributed by atoms with Gasteiger partial charge in [0.2, 0.25) is 5.91 Å². The van der Waals surface area contributed by atoms with Crippen LogP contribution in [0.4, 0.5) is 10.5 Å². The Balaban J connectivity index is 2.40. The minimum Gasteiger partial charge on any atom is -0.459 e. The van der Waals surface area contributed by atoms with E-state index in [0.29, 0.717) is 28.9 Å². The molecule has 1 aromatic carbocycles. The Bertz CT molecular complexity index is 770. The summed E-state index contributed by atoms with van der Waals surface area (Å²) in [4.78, 5) is 38.2. The predicted octanol–water partition coefficient (Wildman–Crippen LogP) is 3.35. The number of carbonyl (C=O) groups is 3. The SMILES string of the molecule is CCCC(=O)Nc1cccc(C2NC(=O)N(C)C(C)=C2C(=O)OC(C)C)c1. The van der Waals surface area contributed by atoms with Gasteiger partial charge in [-0.1, -0.05) is 19.1 Å². The van der Waals surface area contributed by atoms with Gasteiger partial charge in [0.1, 0.15) is 0 Å². The Labute approximate surface area is 159 Å². The summed E-state index contributed by atoms with van der Waals surface area (Å²) < 4.78 is 5.38. The maximum atomic E-state index is 12.7. The zero-order chi connectivity index (χ0) is 20.1. The molecule has 1 atom stereocenters. The smallest absolute Gasteiger partial charge is 0.338 e. The standard InChI is InChI=1S/C20H27N3O4/c1-6-8-16(24)21-15-10-7-9-14(11-15)18-17(19(25)27-12(2)3)13(4)23(5)20(26)22-18/h7,9-12,18H,6,8H2,1-5H3,(H,21,24)(H,22,26). The molecule has 146 valence electrons. The van der Waals surface area contributed by atoms with Gasteiger partial charge >= 0.3 is 12.0 Å². The molecule has 2 N–H and O–H groups in total. The second kappa shape index (κ2) is 8.70. The molecule has 7 nitrogen and oxygen atoms in total. The van der Waals surface area contributed by atoms with Crippen molar-refractivity contribution < 1.29 is 19.1 Å². The number of allylic oxidation sites excluding steroid dienone is 1. The number of anilines is 1. The summed E-state index contributed by atoms with van der Waals surface area (Å²) in [6.45, 7) is 7.20. The molecule has 0 spiro atoms. The summed E-state index contributed by atoms with van der Waals surface area (Å²) in [5.41, 5.74) is 2.23. The molecule has 1 aliphatic rings. The monoisotopic (exact) mass is 373 g/mol. The molecule has 1 aliphatic heterocycles. The second-order valence-corrected chi connectivity index (χ2v) is 6.82. The lowest BCUT2D eigenvalue weighted by Gasteiger charge is -2.33. The number of benzene rings is 1. The highest BCUT2D eigenvalue weighted by Crippen LogP contribution is 2.32. The van der Waals surface area contributed by atoms with Crippen LogP contribution in [0.15, 0.2) is 35.5 Å². The van der Waals surface area contributed by atoms with E-state index in [9.17, 15) is 14.4 Å². The summed E-state index contributed by atoms with van der Waals surface area (Å²) in [5.74, 6) is -0.548. The highest BCUT2D eigenvalue weighted by atomic mass is 16.5. The molecular formula is C20H27N3O4. The molecule has 0 radical (unpaired) electrons. The number of nitrogens with zero attached hydrogens (tertiary/aromatic N) is 1. The van der Waals surface area contributed by atoms with E-state index in [1.54, 1.807) is 46.0 Å². The first kappa shape index (κ1) is 20.5. The van der Waals surface area contributed by atoms with E-state index in [-0.39, 0.29) is 18.0 Å². The first-order valence-electron chi connectivity index (χ1n) is 9.10. The summed E-state index contributed by atoms with van der Waals surface area (Å²) in [7, 11) is 1.60. The molecule has 3 amide bonds. The van der Waals surface area contributed by atoms with Gasteiger partial charge in [-0.15, -0.1) is 0 Å². The fourth-order valence-corrected chi connectivity index (χ4v) is 2.87. The number of nitrogens with one attached hydrogen (secondary N) is 2. The van der Waals surface area contributed by atoms with Crippen LogP contribution in [0.25, 0.3) is 0 Å². The molecule has 2 rings (SSSR count). The molecule has 0 saturated carbocycles. The van der Waals surface area contributed by atoms with Gasteiger partial charge in [-0.25, -0.2) is 9.59 Å². The molecule has 0 bridgehead atoms. The predicted molar refractivity (Wildman–Crippen MR) is 103 cm³/mol. The lowest BCUT2D eigenvalue weighted by molar-refractivity contribution is -0.143. The molecule has 0 aliphatic carbocycles.